The number of hydrogen-bond donors (Lipinski definition) is 0. The average Bonchev–Trinajstić information content (AvgIpc) is 2.88. The highest BCUT2D eigenvalue weighted by molar-refractivity contribution is 5.55. The van der Waals surface area contributed by atoms with Crippen LogP contribution >= 0.6 is 0 Å². The molecule has 1 aliphatic carbocycles. The van der Waals surface area contributed by atoms with Gasteiger partial charge in [-0.05, 0) is 67.3 Å². The molecule has 1 fully saturated rings. The molecule has 0 spiro atoms. The number of aryl methyl sites for hydroxylation is 1. The Balaban J connectivity index is 1.37. The number of ether oxygens (including phenoxy) is 1. The van der Waals surface area contributed by atoms with Gasteiger partial charge in [-0.1, -0.05) is 90.9 Å². The lowest BCUT2D eigenvalue weighted by molar-refractivity contribution is 0.190. The van der Waals surface area contributed by atoms with Crippen LogP contribution in [0.3, 0.4) is 0 Å². The first-order chi connectivity index (χ1) is 16.8. The maximum absolute atomic E-state index is 6.08. The zero-order chi connectivity index (χ0) is 23.8. The van der Waals surface area contributed by atoms with E-state index in [1.54, 1.807) is 0 Å². The van der Waals surface area contributed by atoms with Crippen LogP contribution in [0.25, 0.3) is 11.4 Å². The van der Waals surface area contributed by atoms with Crippen molar-refractivity contribution in [3.8, 4) is 17.1 Å². The first kappa shape index (κ1) is 26.7. The Morgan fingerprint density at radius 1 is 0.735 bits per heavy atom. The standard InChI is InChI=1S/C31H48N2O/c1-3-5-7-9-14-26-24-32-31(33-25-26)29-19-21-30(22-20-29)34-23-13-18-28-17-12-11-16-27(28)15-10-8-6-4-2/h19-22,24-25,27-28H,3-18,23H2,1-2H3. The van der Waals surface area contributed by atoms with Crippen LogP contribution in [-0.4, -0.2) is 16.6 Å². The first-order valence-corrected chi connectivity index (χ1v) is 14.3. The molecule has 2 aromatic rings. The predicted molar refractivity (Wildman–Crippen MR) is 144 cm³/mol. The molecule has 0 N–H and O–H groups in total. The number of unbranched alkanes of at least 4 members (excludes halogenated alkanes) is 6. The second-order valence-electron chi connectivity index (χ2n) is 10.4. The minimum absolute atomic E-state index is 0.797. The molecule has 0 saturated heterocycles. The van der Waals surface area contributed by atoms with Crippen molar-refractivity contribution in [1.29, 1.82) is 0 Å². The molecule has 0 radical (unpaired) electrons. The maximum atomic E-state index is 6.08. The summed E-state index contributed by atoms with van der Waals surface area (Å²) >= 11 is 0. The van der Waals surface area contributed by atoms with E-state index in [2.05, 4.69) is 48.1 Å². The van der Waals surface area contributed by atoms with Crippen molar-refractivity contribution < 1.29 is 4.74 Å². The molecule has 3 heteroatoms. The summed E-state index contributed by atoms with van der Waals surface area (Å²) in [6, 6.07) is 8.29. The zero-order valence-corrected chi connectivity index (χ0v) is 21.9. The Morgan fingerprint density at radius 2 is 1.35 bits per heavy atom. The van der Waals surface area contributed by atoms with Gasteiger partial charge in [-0.3, -0.25) is 0 Å². The van der Waals surface area contributed by atoms with Crippen LogP contribution in [0.15, 0.2) is 36.7 Å². The van der Waals surface area contributed by atoms with Crippen molar-refractivity contribution in [1.82, 2.24) is 9.97 Å². The molecule has 3 rings (SSSR count). The predicted octanol–water partition coefficient (Wildman–Crippen LogP) is 9.20. The molecule has 34 heavy (non-hydrogen) atoms. The van der Waals surface area contributed by atoms with E-state index in [1.165, 1.54) is 102 Å². The maximum Gasteiger partial charge on any atom is 0.159 e. The van der Waals surface area contributed by atoms with Crippen LogP contribution in [0.1, 0.15) is 116 Å². The van der Waals surface area contributed by atoms with Gasteiger partial charge in [-0.15, -0.1) is 0 Å². The molecule has 1 aromatic heterocycles. The lowest BCUT2D eigenvalue weighted by Gasteiger charge is -2.31. The Bertz CT molecular complexity index is 771. The smallest absolute Gasteiger partial charge is 0.159 e. The molecule has 1 saturated carbocycles. The summed E-state index contributed by atoms with van der Waals surface area (Å²) in [4.78, 5) is 9.18. The van der Waals surface area contributed by atoms with Gasteiger partial charge in [0.2, 0.25) is 0 Å². The molecule has 1 heterocycles. The summed E-state index contributed by atoms with van der Waals surface area (Å²) in [7, 11) is 0. The molecule has 2 atom stereocenters. The third-order valence-electron chi connectivity index (χ3n) is 7.62. The fourth-order valence-electron chi connectivity index (χ4n) is 5.50. The SMILES string of the molecule is CCCCCCc1cnc(-c2ccc(OCCCC3CCCCC3CCCCCC)cc2)nc1. The van der Waals surface area contributed by atoms with E-state index in [-0.39, 0.29) is 0 Å². The van der Waals surface area contributed by atoms with E-state index in [0.717, 1.165) is 42.0 Å². The molecule has 188 valence electrons. The van der Waals surface area contributed by atoms with Gasteiger partial charge in [0, 0.05) is 18.0 Å². The van der Waals surface area contributed by atoms with Crippen molar-refractivity contribution in [2.24, 2.45) is 11.8 Å². The molecule has 3 nitrogen and oxygen atoms in total. The quantitative estimate of drug-likeness (QED) is 0.232. The van der Waals surface area contributed by atoms with Gasteiger partial charge in [0.25, 0.3) is 0 Å². The molecular formula is C31H48N2O. The molecule has 1 aromatic carbocycles. The summed E-state index contributed by atoms with van der Waals surface area (Å²) in [6.45, 7) is 5.37. The van der Waals surface area contributed by atoms with E-state index in [4.69, 9.17) is 4.74 Å². The van der Waals surface area contributed by atoms with Crippen LogP contribution in [0.2, 0.25) is 0 Å². The second kappa shape index (κ2) is 15.9. The topological polar surface area (TPSA) is 35.0 Å². The van der Waals surface area contributed by atoms with Crippen LogP contribution in [-0.2, 0) is 6.42 Å². The molecule has 0 bridgehead atoms. The molecular weight excluding hydrogens is 416 g/mol. The first-order valence-electron chi connectivity index (χ1n) is 14.3. The third kappa shape index (κ3) is 9.39. The molecule has 0 aliphatic heterocycles. The minimum atomic E-state index is 0.797. The summed E-state index contributed by atoms with van der Waals surface area (Å²) < 4.78 is 6.08. The lowest BCUT2D eigenvalue weighted by Crippen LogP contribution is -2.20. The van der Waals surface area contributed by atoms with Crippen molar-refractivity contribution in [2.45, 2.75) is 117 Å². The van der Waals surface area contributed by atoms with Gasteiger partial charge in [0.05, 0.1) is 6.61 Å². The molecule has 2 unspecified atom stereocenters. The highest BCUT2D eigenvalue weighted by atomic mass is 16.5. The summed E-state index contributed by atoms with van der Waals surface area (Å²) in [5.41, 5.74) is 2.29. The third-order valence-corrected chi connectivity index (χ3v) is 7.62. The van der Waals surface area contributed by atoms with E-state index in [9.17, 15) is 0 Å². The van der Waals surface area contributed by atoms with Crippen molar-refractivity contribution in [3.63, 3.8) is 0 Å². The largest absolute Gasteiger partial charge is 0.494 e. The number of benzene rings is 1. The van der Waals surface area contributed by atoms with Crippen molar-refractivity contribution >= 4 is 0 Å². The van der Waals surface area contributed by atoms with Gasteiger partial charge >= 0.3 is 0 Å². The number of aromatic nitrogens is 2. The van der Waals surface area contributed by atoms with Crippen LogP contribution in [0.4, 0.5) is 0 Å². The fraction of sp³-hybridized carbons (Fsp3) is 0.677. The molecule has 1 aliphatic rings. The Morgan fingerprint density at radius 3 is 2.00 bits per heavy atom. The van der Waals surface area contributed by atoms with Gasteiger partial charge in [-0.2, -0.15) is 0 Å². The number of nitrogens with zero attached hydrogens (tertiary/aromatic N) is 2. The zero-order valence-electron chi connectivity index (χ0n) is 21.9. The average molecular weight is 465 g/mol. The fourth-order valence-corrected chi connectivity index (χ4v) is 5.50. The second-order valence-corrected chi connectivity index (χ2v) is 10.4. The van der Waals surface area contributed by atoms with Crippen molar-refractivity contribution in [3.05, 3.63) is 42.2 Å². The van der Waals surface area contributed by atoms with E-state index in [0.29, 0.717) is 0 Å². The highest BCUT2D eigenvalue weighted by Crippen LogP contribution is 2.36. The summed E-state index contributed by atoms with van der Waals surface area (Å²) in [6.07, 6.45) is 25.5. The summed E-state index contributed by atoms with van der Waals surface area (Å²) in [5, 5.41) is 0. The highest BCUT2D eigenvalue weighted by Gasteiger charge is 2.24. The van der Waals surface area contributed by atoms with Crippen molar-refractivity contribution in [2.75, 3.05) is 6.61 Å². The van der Waals surface area contributed by atoms with E-state index < -0.39 is 0 Å². The molecule has 0 amide bonds. The van der Waals surface area contributed by atoms with Gasteiger partial charge in [0.1, 0.15) is 5.75 Å². The van der Waals surface area contributed by atoms with E-state index >= 15 is 0 Å². The van der Waals surface area contributed by atoms with Gasteiger partial charge < -0.3 is 4.74 Å². The van der Waals surface area contributed by atoms with Crippen LogP contribution < -0.4 is 4.74 Å². The Kier molecular flexibility index (Phi) is 12.5. The van der Waals surface area contributed by atoms with Gasteiger partial charge in [-0.25, -0.2) is 9.97 Å². The normalized spacial score (nSPS) is 18.2. The van der Waals surface area contributed by atoms with Crippen LogP contribution in [0.5, 0.6) is 5.75 Å². The summed E-state index contributed by atoms with van der Waals surface area (Å²) in [5.74, 6) is 3.64. The number of hydrogen-bond acceptors (Lipinski definition) is 3. The van der Waals surface area contributed by atoms with Crippen LogP contribution in [0, 0.1) is 11.8 Å². The Hall–Kier alpha value is -1.90. The minimum Gasteiger partial charge on any atom is -0.494 e. The van der Waals surface area contributed by atoms with Gasteiger partial charge in [0.15, 0.2) is 5.82 Å². The monoisotopic (exact) mass is 464 g/mol. The van der Waals surface area contributed by atoms with E-state index in [1.807, 2.05) is 12.4 Å². The lowest BCUT2D eigenvalue weighted by atomic mass is 9.74. The Labute approximate surface area is 209 Å². The number of rotatable bonds is 16.